The maximum absolute atomic E-state index is 10.1. The number of hydrogen-bond acceptors (Lipinski definition) is 1. The zero-order chi connectivity index (χ0) is 10.1. The van der Waals surface area contributed by atoms with Crippen molar-refractivity contribution < 1.29 is 5.11 Å². The van der Waals surface area contributed by atoms with E-state index in [0.717, 1.165) is 25.2 Å². The predicted octanol–water partition coefficient (Wildman–Crippen LogP) is 3.36. The number of rotatable bonds is 4. The van der Waals surface area contributed by atoms with Gasteiger partial charge >= 0.3 is 0 Å². The summed E-state index contributed by atoms with van der Waals surface area (Å²) in [5.41, 5.74) is -0.0536. The maximum atomic E-state index is 10.1. The summed E-state index contributed by atoms with van der Waals surface area (Å²) >= 11 is 0. The van der Waals surface area contributed by atoms with Gasteiger partial charge in [0, 0.05) is 0 Å². The van der Waals surface area contributed by atoms with Crippen molar-refractivity contribution in [3.8, 4) is 0 Å². The topological polar surface area (TPSA) is 20.2 Å². The fourth-order valence-electron chi connectivity index (χ4n) is 1.69. The minimum Gasteiger partial charge on any atom is -0.390 e. The van der Waals surface area contributed by atoms with E-state index >= 15 is 0 Å². The van der Waals surface area contributed by atoms with E-state index in [4.69, 9.17) is 0 Å². The van der Waals surface area contributed by atoms with Crippen molar-refractivity contribution in [1.29, 1.82) is 0 Å². The third kappa shape index (κ3) is 5.30. The van der Waals surface area contributed by atoms with Crippen LogP contribution < -0.4 is 0 Å². The second kappa shape index (κ2) is 3.61. The van der Waals surface area contributed by atoms with Crippen LogP contribution in [0.15, 0.2) is 0 Å². The molecule has 0 amide bonds. The molecule has 0 aromatic rings. The number of aliphatic hydroxyl groups is 1. The van der Waals surface area contributed by atoms with Crippen LogP contribution in [0.3, 0.4) is 0 Å². The van der Waals surface area contributed by atoms with E-state index < -0.39 is 5.60 Å². The second-order valence-corrected chi connectivity index (χ2v) is 6.21. The van der Waals surface area contributed by atoms with Gasteiger partial charge in [-0.2, -0.15) is 0 Å². The minimum absolute atomic E-state index is 0.355. The molecule has 1 aliphatic rings. The van der Waals surface area contributed by atoms with Crippen molar-refractivity contribution in [1.82, 2.24) is 0 Å². The molecule has 0 aromatic heterocycles. The molecule has 0 spiro atoms. The van der Waals surface area contributed by atoms with E-state index in [1.165, 1.54) is 12.8 Å². The minimum atomic E-state index is -0.408. The Labute approximate surface area is 82.5 Å². The predicted molar refractivity (Wildman–Crippen MR) is 56.7 cm³/mol. The second-order valence-electron chi connectivity index (χ2n) is 6.21. The van der Waals surface area contributed by atoms with Crippen molar-refractivity contribution in [2.45, 2.75) is 65.4 Å². The van der Waals surface area contributed by atoms with Gasteiger partial charge < -0.3 is 5.11 Å². The molecule has 1 saturated carbocycles. The monoisotopic (exact) mass is 184 g/mol. The van der Waals surface area contributed by atoms with Crippen LogP contribution in [-0.4, -0.2) is 10.7 Å². The Morgan fingerprint density at radius 1 is 1.08 bits per heavy atom. The third-order valence-corrected chi connectivity index (χ3v) is 2.84. The molecule has 1 nitrogen and oxygen atoms in total. The highest BCUT2D eigenvalue weighted by atomic mass is 16.3. The molecular formula is C12H24O. The largest absolute Gasteiger partial charge is 0.390 e. The van der Waals surface area contributed by atoms with Gasteiger partial charge in [-0.15, -0.1) is 0 Å². The van der Waals surface area contributed by atoms with Gasteiger partial charge in [0.25, 0.3) is 0 Å². The number of hydrogen-bond donors (Lipinski definition) is 1. The van der Waals surface area contributed by atoms with Crippen molar-refractivity contribution in [3.63, 3.8) is 0 Å². The van der Waals surface area contributed by atoms with Crippen molar-refractivity contribution >= 4 is 0 Å². The van der Waals surface area contributed by atoms with Crippen LogP contribution in [0.5, 0.6) is 0 Å². The van der Waals surface area contributed by atoms with Crippen LogP contribution in [0.4, 0.5) is 0 Å². The van der Waals surface area contributed by atoms with Gasteiger partial charge in [-0.25, -0.2) is 0 Å². The van der Waals surface area contributed by atoms with Crippen LogP contribution in [0.2, 0.25) is 0 Å². The summed E-state index contributed by atoms with van der Waals surface area (Å²) in [6.45, 7) is 8.71. The Bertz CT molecular complexity index is 160. The van der Waals surface area contributed by atoms with Gasteiger partial charge in [-0.1, -0.05) is 33.6 Å². The van der Waals surface area contributed by atoms with Crippen molar-refractivity contribution in [3.05, 3.63) is 0 Å². The Balaban J connectivity index is 2.24. The van der Waals surface area contributed by atoms with E-state index in [0.29, 0.717) is 5.41 Å². The molecule has 0 radical (unpaired) electrons. The third-order valence-electron chi connectivity index (χ3n) is 2.84. The lowest BCUT2D eigenvalue weighted by atomic mass is 9.83. The first-order valence-corrected chi connectivity index (χ1v) is 5.51. The van der Waals surface area contributed by atoms with Gasteiger partial charge in [0.1, 0.15) is 0 Å². The van der Waals surface area contributed by atoms with Crippen LogP contribution in [0.25, 0.3) is 0 Å². The molecule has 0 bridgehead atoms. The van der Waals surface area contributed by atoms with E-state index in [9.17, 15) is 5.11 Å². The molecule has 0 heterocycles. The summed E-state index contributed by atoms with van der Waals surface area (Å²) in [4.78, 5) is 0. The quantitative estimate of drug-likeness (QED) is 0.710. The van der Waals surface area contributed by atoms with E-state index in [1.54, 1.807) is 0 Å². The summed E-state index contributed by atoms with van der Waals surface area (Å²) in [5.74, 6) is 0.829. The maximum Gasteiger partial charge on any atom is 0.0622 e. The Morgan fingerprint density at radius 2 is 1.62 bits per heavy atom. The molecule has 13 heavy (non-hydrogen) atoms. The first-order chi connectivity index (χ1) is 5.79. The van der Waals surface area contributed by atoms with Crippen LogP contribution in [0, 0.1) is 11.3 Å². The average Bonchev–Trinajstić information content (AvgIpc) is 2.66. The van der Waals surface area contributed by atoms with Gasteiger partial charge in [-0.05, 0) is 37.5 Å². The average molecular weight is 184 g/mol. The van der Waals surface area contributed by atoms with Crippen LogP contribution in [-0.2, 0) is 0 Å². The summed E-state index contributed by atoms with van der Waals surface area (Å²) in [6, 6.07) is 0. The zero-order valence-corrected chi connectivity index (χ0v) is 9.56. The molecule has 1 aliphatic carbocycles. The fourth-order valence-corrected chi connectivity index (χ4v) is 1.69. The van der Waals surface area contributed by atoms with Gasteiger partial charge in [-0.3, -0.25) is 0 Å². The SMILES string of the molecule is CC(C)(C)CCC(C)(O)CC1CC1. The van der Waals surface area contributed by atoms with Gasteiger partial charge in [0.15, 0.2) is 0 Å². The van der Waals surface area contributed by atoms with Crippen LogP contribution in [0.1, 0.15) is 59.8 Å². The Kier molecular flexibility index (Phi) is 3.06. The lowest BCUT2D eigenvalue weighted by molar-refractivity contribution is 0.0257. The molecule has 1 unspecified atom stereocenters. The van der Waals surface area contributed by atoms with E-state index in [2.05, 4.69) is 20.8 Å². The molecule has 1 heteroatoms. The summed E-state index contributed by atoms with van der Waals surface area (Å²) < 4.78 is 0. The molecule has 1 N–H and O–H groups in total. The smallest absolute Gasteiger partial charge is 0.0622 e. The fraction of sp³-hybridized carbons (Fsp3) is 1.00. The highest BCUT2D eigenvalue weighted by Crippen LogP contribution is 2.39. The van der Waals surface area contributed by atoms with E-state index in [1.807, 2.05) is 6.92 Å². The normalized spacial score (nSPS) is 22.8. The zero-order valence-electron chi connectivity index (χ0n) is 9.56. The van der Waals surface area contributed by atoms with Crippen LogP contribution >= 0.6 is 0 Å². The molecule has 78 valence electrons. The summed E-state index contributed by atoms with van der Waals surface area (Å²) in [7, 11) is 0. The lowest BCUT2D eigenvalue weighted by Gasteiger charge is -2.27. The molecule has 1 fully saturated rings. The molecular weight excluding hydrogens is 160 g/mol. The first kappa shape index (κ1) is 11.0. The Morgan fingerprint density at radius 3 is 2.00 bits per heavy atom. The standard InChI is InChI=1S/C12H24O/c1-11(2,3)7-8-12(4,13)9-10-5-6-10/h10,13H,5-9H2,1-4H3. The highest BCUT2D eigenvalue weighted by molar-refractivity contribution is 4.84. The van der Waals surface area contributed by atoms with Gasteiger partial charge in [0.05, 0.1) is 5.60 Å². The summed E-state index contributed by atoms with van der Waals surface area (Å²) in [6.07, 6.45) is 5.76. The molecule has 0 saturated heterocycles. The molecule has 0 aromatic carbocycles. The Hall–Kier alpha value is -0.0400. The van der Waals surface area contributed by atoms with Crippen molar-refractivity contribution in [2.24, 2.45) is 11.3 Å². The molecule has 1 atom stereocenters. The summed E-state index contributed by atoms with van der Waals surface area (Å²) in [5, 5.41) is 10.1. The van der Waals surface area contributed by atoms with E-state index in [-0.39, 0.29) is 0 Å². The first-order valence-electron chi connectivity index (χ1n) is 5.51. The lowest BCUT2D eigenvalue weighted by Crippen LogP contribution is -2.26. The molecule has 1 rings (SSSR count). The van der Waals surface area contributed by atoms with Gasteiger partial charge in [0.2, 0.25) is 0 Å². The van der Waals surface area contributed by atoms with Crippen molar-refractivity contribution in [2.75, 3.05) is 0 Å². The molecule has 0 aliphatic heterocycles. The highest BCUT2D eigenvalue weighted by Gasteiger charge is 2.32.